The summed E-state index contributed by atoms with van der Waals surface area (Å²) in [6.45, 7) is 41.4. The molecule has 5 unspecified atom stereocenters. The number of aromatic nitrogens is 12. The van der Waals surface area contributed by atoms with Crippen LogP contribution in [0.25, 0.3) is 22.3 Å². The lowest BCUT2D eigenvalue weighted by Gasteiger charge is -2.48. The van der Waals surface area contributed by atoms with Gasteiger partial charge in [-0.05, 0) is 155 Å². The molecule has 38 heteroatoms. The third kappa shape index (κ3) is 25.2. The Labute approximate surface area is 694 Å². The zero-order valence-corrected chi connectivity index (χ0v) is 73.6. The molecule has 6 N–H and O–H groups in total. The third-order valence-electron chi connectivity index (χ3n) is 18.7. The number of amides is 2. The summed E-state index contributed by atoms with van der Waals surface area (Å²) >= 11 is 1.46. The molecule has 0 radical (unpaired) electrons. The van der Waals surface area contributed by atoms with Gasteiger partial charge in [0.1, 0.15) is 36.2 Å². The van der Waals surface area contributed by atoms with Gasteiger partial charge in [0.25, 0.3) is 42.8 Å². The number of benzene rings is 4. The first-order valence-electron chi connectivity index (χ1n) is 39.4. The minimum Gasteiger partial charge on any atom is -0.484 e. The maximum Gasteiger partial charge on any atom is 0.280 e. The van der Waals surface area contributed by atoms with Gasteiger partial charge < -0.3 is 37.6 Å². The van der Waals surface area contributed by atoms with Gasteiger partial charge in [-0.1, -0.05) is 128 Å². The highest BCUT2D eigenvalue weighted by Gasteiger charge is 2.46. The molecule has 118 heavy (non-hydrogen) atoms. The van der Waals surface area contributed by atoms with E-state index in [2.05, 4.69) is 179 Å². The van der Waals surface area contributed by atoms with Crippen LogP contribution in [0.3, 0.4) is 0 Å². The van der Waals surface area contributed by atoms with E-state index in [1.54, 1.807) is 88.0 Å². The van der Waals surface area contributed by atoms with E-state index in [1.165, 1.54) is 30.5 Å². The number of fused-ring (bicyclic) bond motifs is 2. The zero-order chi connectivity index (χ0) is 86.6. The number of nitro benzene ring substituents is 2. The van der Waals surface area contributed by atoms with E-state index in [4.69, 9.17) is 32.5 Å². The Morgan fingerprint density at radius 2 is 1.00 bits per heavy atom. The van der Waals surface area contributed by atoms with E-state index < -0.39 is 82.2 Å². The lowest BCUT2D eigenvalue weighted by molar-refractivity contribution is -0.386. The second-order valence-corrected chi connectivity index (χ2v) is 35.7. The number of imidazole rings is 2. The number of nitro groups is 2. The molecule has 0 bridgehead atoms. The molecule has 7 heterocycles. The summed E-state index contributed by atoms with van der Waals surface area (Å²) in [4.78, 5) is 95.6. The number of aromatic amines is 3. The Balaban J connectivity index is 0.000000224. The number of anilines is 2. The Bertz CT molecular complexity index is 4770. The van der Waals surface area contributed by atoms with Gasteiger partial charge in [0, 0.05) is 61.2 Å². The number of aliphatic hydroxyl groups excluding tert-OH is 1. The number of tetrazole rings is 1. The highest BCUT2D eigenvalue weighted by Crippen LogP contribution is 2.59. The van der Waals surface area contributed by atoms with Crippen LogP contribution in [0.4, 0.5) is 23.3 Å². The molecule has 0 aliphatic carbocycles. The van der Waals surface area contributed by atoms with Crippen LogP contribution >= 0.6 is 28.7 Å². The molecule has 35 nitrogen and oxygen atoms in total. The summed E-state index contributed by atoms with van der Waals surface area (Å²) in [5.74, 6) is 0.0418. The number of thioether (sulfide) groups is 1. The van der Waals surface area contributed by atoms with Crippen LogP contribution in [0.5, 0.6) is 11.5 Å². The van der Waals surface area contributed by atoms with Crippen LogP contribution in [0.1, 0.15) is 200 Å². The minimum atomic E-state index is -1.78. The molecule has 2 aliphatic rings. The maximum absolute atomic E-state index is 13.0. The van der Waals surface area contributed by atoms with Crippen molar-refractivity contribution in [3.63, 3.8) is 0 Å². The number of ether oxygens (including phenoxy) is 4. The molecule has 2 aliphatic heterocycles. The van der Waals surface area contributed by atoms with E-state index in [0.29, 0.717) is 53.5 Å². The molecule has 0 saturated carbocycles. The van der Waals surface area contributed by atoms with Gasteiger partial charge in [0.2, 0.25) is 17.1 Å². The first-order chi connectivity index (χ1) is 55.8. The largest absolute Gasteiger partial charge is 0.484 e. The van der Waals surface area contributed by atoms with Crippen molar-refractivity contribution in [3.8, 4) is 11.5 Å². The average molecular weight is 1690 g/mol. The summed E-state index contributed by atoms with van der Waals surface area (Å²) in [7, 11) is -2.94. The Morgan fingerprint density at radius 1 is 0.602 bits per heavy atom. The fourth-order valence-corrected chi connectivity index (χ4v) is 18.6. The van der Waals surface area contributed by atoms with Crippen molar-refractivity contribution in [3.05, 3.63) is 174 Å². The molecule has 9 atom stereocenters. The average Bonchev–Trinajstić information content (AvgIpc) is 1.66. The standard InChI is InChI=1S/C36H48N7O8P.C23H42N3O3P.C19H21N5O5.C2H4N4S/c1-9-27-28(50-52(42(22(2)3)23(4)5)51-32(36(6,7)8)25-17-13-14-18-26(25)43(46)47)19-30(49-27)41-21-37-31-33(41)39-35(40-34(31)45)38-29(44)20-48-24-15-11-10-12-16-24;1-16(2)24(17(3)4)30(25(18(5)6)19(7)8)29-22(23(9,10)11)20-14-12-13-15-21(20)26(27)28;1-2-13-12(25)8-15(29-13)24-10-20-16-17(24)22-19(23-18(16)27)21-14(26)9-28-11-6-4-3-5-7-11;1-7-2-3-5-6-4-2/h10-18,21-23,27-28,30,32H,9,19-20H2,1-8H3,(H2,38,39,40,44,45);12-19,22H,1-11H3;3-7,10,12-13,15,25H,2,8-9H2,1H3,(H2,21,22,23,26,27);1H3,(H,3,4,5,6)/t27-,28?,30-,32?,52?;;12?,13-,15-;/m1.1./s1. The highest BCUT2D eigenvalue weighted by atomic mass is 32.2. The van der Waals surface area contributed by atoms with Crippen molar-refractivity contribution in [1.82, 2.24) is 73.7 Å². The number of aliphatic hydroxyl groups is 1. The van der Waals surface area contributed by atoms with E-state index in [-0.39, 0.29) is 123 Å². The van der Waals surface area contributed by atoms with Gasteiger partial charge in [0.05, 0.1) is 58.0 Å². The van der Waals surface area contributed by atoms with Crippen molar-refractivity contribution >= 4 is 86.2 Å². The summed E-state index contributed by atoms with van der Waals surface area (Å²) in [5, 5.41) is 52.7. The SMILES string of the molecule is CC(C)N(C(C)C)P(OC(c1ccccc1[N+](=O)[O-])C(C)(C)C)N(C(C)C)C(C)C.CC[C@H]1O[C@@H](n2cnc3c(=O)[nH]c(NC(=O)COc4ccccc4)nc32)CC1O.CC[C@H]1O[C@@H](n2cnc3c(=O)[nH]c(NC(=O)COc4ccccc4)nc32)CC1OP(OC(c1ccccc1[N+](=O)[O-])C(C)(C)C)N(C(C)C)C(C)C.CSc1nn[nH]n1. The molecule has 2 fully saturated rings. The molecule has 0 spiro atoms. The Kier molecular flexibility index (Phi) is 34.5. The van der Waals surface area contributed by atoms with Gasteiger partial charge >= 0.3 is 0 Å². The van der Waals surface area contributed by atoms with E-state index >= 15 is 0 Å². The molecule has 642 valence electrons. The van der Waals surface area contributed by atoms with Crippen molar-refractivity contribution < 1.29 is 57.1 Å². The number of rotatable bonds is 32. The lowest BCUT2D eigenvalue weighted by Crippen LogP contribution is -2.44. The van der Waals surface area contributed by atoms with Gasteiger partial charge in [-0.3, -0.25) is 69.1 Å². The fraction of sp³-hybridized carbons (Fsp3) is 0.537. The van der Waals surface area contributed by atoms with Crippen LogP contribution < -0.4 is 31.2 Å². The number of hydrogen-bond acceptors (Lipinski definition) is 27. The van der Waals surface area contributed by atoms with Gasteiger partial charge in [-0.25, -0.2) is 24.0 Å². The molecule has 2 saturated heterocycles. The second-order valence-electron chi connectivity index (χ2n) is 32.0. The molecule has 5 aromatic heterocycles. The van der Waals surface area contributed by atoms with Crippen LogP contribution in [0, 0.1) is 31.1 Å². The Hall–Kier alpha value is -9.16. The molecule has 2 amide bonds. The maximum atomic E-state index is 13.0. The van der Waals surface area contributed by atoms with Crippen LogP contribution in [0.2, 0.25) is 0 Å². The van der Waals surface area contributed by atoms with Gasteiger partial charge in [-0.2, -0.15) is 15.2 Å². The summed E-state index contributed by atoms with van der Waals surface area (Å²) in [6, 6.07) is 32.6. The number of carbonyl (C=O) groups excluding carboxylic acids is 2. The normalized spacial score (nSPS) is 17.8. The van der Waals surface area contributed by atoms with Crippen LogP contribution in [0.15, 0.2) is 137 Å². The van der Waals surface area contributed by atoms with E-state index in [1.807, 2.05) is 65.1 Å². The number of carbonyl (C=O) groups is 2. The first kappa shape index (κ1) is 94.3. The van der Waals surface area contributed by atoms with Crippen molar-refractivity contribution in [2.45, 2.75) is 255 Å². The quantitative estimate of drug-likeness (QED) is 0.00987. The van der Waals surface area contributed by atoms with Crippen molar-refractivity contribution in [2.75, 3.05) is 30.1 Å². The molecule has 11 rings (SSSR count). The van der Waals surface area contributed by atoms with E-state index in [9.17, 15) is 44.5 Å². The van der Waals surface area contributed by atoms with Crippen molar-refractivity contribution in [2.24, 2.45) is 10.8 Å². The summed E-state index contributed by atoms with van der Waals surface area (Å²) < 4.78 is 54.4. The second kappa shape index (κ2) is 43.2. The molecular formula is C80H115N19O16P2S. The number of para-hydroxylation sites is 4. The minimum absolute atomic E-state index is 0.0116. The monoisotopic (exact) mass is 1690 g/mol. The molecular weight excluding hydrogens is 1580 g/mol. The van der Waals surface area contributed by atoms with Gasteiger partial charge in [0.15, 0.2) is 44.0 Å². The predicted octanol–water partition coefficient (Wildman–Crippen LogP) is 15.6. The number of nitrogens with one attached hydrogen (secondary N) is 5. The third-order valence-corrected chi connectivity index (χ3v) is 24.4. The Morgan fingerprint density at radius 3 is 1.36 bits per heavy atom. The molecule has 9 aromatic rings. The number of H-pyrrole nitrogens is 3. The summed E-state index contributed by atoms with van der Waals surface area (Å²) in [5.41, 5.74) is 0.0965. The van der Waals surface area contributed by atoms with E-state index in [0.717, 1.165) is 0 Å². The zero-order valence-electron chi connectivity index (χ0n) is 71.0. The van der Waals surface area contributed by atoms with Crippen LogP contribution in [-0.2, 0) is 32.6 Å². The predicted molar refractivity (Wildman–Crippen MR) is 455 cm³/mol. The lowest BCUT2D eigenvalue weighted by atomic mass is 9.84. The highest BCUT2D eigenvalue weighted by molar-refractivity contribution is 7.98. The number of hydrogen-bond donors (Lipinski definition) is 6. The molecule has 4 aromatic carbocycles. The smallest absolute Gasteiger partial charge is 0.280 e. The summed E-state index contributed by atoms with van der Waals surface area (Å²) in [6.07, 6.45) is 3.02. The first-order valence-corrected chi connectivity index (χ1v) is 42.9. The topological polar surface area (TPSA) is 421 Å². The van der Waals surface area contributed by atoms with Crippen LogP contribution in [-0.4, -0.2) is 181 Å². The van der Waals surface area contributed by atoms with Crippen molar-refractivity contribution in [1.29, 1.82) is 0 Å². The number of nitrogens with zero attached hydrogens (tertiary/aromatic N) is 14. The fourth-order valence-electron chi connectivity index (χ4n) is 13.6. The van der Waals surface area contributed by atoms with Gasteiger partial charge in [-0.15, -0.1) is 10.2 Å².